The van der Waals surface area contributed by atoms with Gasteiger partial charge in [-0.25, -0.2) is 0 Å². The summed E-state index contributed by atoms with van der Waals surface area (Å²) >= 11 is 0. The van der Waals surface area contributed by atoms with Crippen LogP contribution < -0.4 is 10.2 Å². The van der Waals surface area contributed by atoms with Crippen LogP contribution in [0.5, 0.6) is 0 Å². The number of para-hydroxylation sites is 1. The van der Waals surface area contributed by atoms with Gasteiger partial charge in [0.15, 0.2) is 0 Å². The van der Waals surface area contributed by atoms with Gasteiger partial charge in [-0.2, -0.15) is 0 Å². The molecule has 3 rings (SSSR count). The van der Waals surface area contributed by atoms with Crippen molar-refractivity contribution in [1.29, 1.82) is 0 Å². The van der Waals surface area contributed by atoms with Gasteiger partial charge in [-0.05, 0) is 36.9 Å². The Morgan fingerprint density at radius 2 is 2.06 bits per heavy atom. The molecule has 0 bridgehead atoms. The zero-order valence-electron chi connectivity index (χ0n) is 11.8. The molecule has 0 amide bonds. The summed E-state index contributed by atoms with van der Waals surface area (Å²) in [4.78, 5) is 2.59. The van der Waals surface area contributed by atoms with E-state index in [-0.39, 0.29) is 0 Å². The van der Waals surface area contributed by atoms with E-state index in [0.717, 1.165) is 0 Å². The third kappa shape index (κ3) is 1.83. The van der Waals surface area contributed by atoms with Crippen LogP contribution in [0.4, 0.5) is 5.69 Å². The van der Waals surface area contributed by atoms with Crippen LogP contribution in [0.2, 0.25) is 0 Å². The van der Waals surface area contributed by atoms with Crippen molar-refractivity contribution in [3.05, 3.63) is 29.3 Å². The predicted molar refractivity (Wildman–Crippen MR) is 77.4 cm³/mol. The minimum atomic E-state index is 0.580. The van der Waals surface area contributed by atoms with E-state index in [9.17, 15) is 0 Å². The first kappa shape index (κ1) is 12.0. The minimum absolute atomic E-state index is 0.580. The quantitative estimate of drug-likeness (QED) is 0.860. The van der Waals surface area contributed by atoms with Crippen molar-refractivity contribution in [2.45, 2.75) is 33.1 Å². The highest BCUT2D eigenvalue weighted by Gasteiger charge is 2.45. The maximum Gasteiger partial charge on any atom is 0.0431 e. The third-order valence-electron chi connectivity index (χ3n) is 4.59. The number of benzene rings is 1. The maximum atomic E-state index is 3.51. The second-order valence-electron chi connectivity index (χ2n) is 6.45. The predicted octanol–water partition coefficient (Wildman–Crippen LogP) is 2.92. The van der Waals surface area contributed by atoms with Gasteiger partial charge < -0.3 is 10.2 Å². The van der Waals surface area contributed by atoms with E-state index in [1.807, 2.05) is 0 Å². The molecule has 18 heavy (non-hydrogen) atoms. The Morgan fingerprint density at radius 1 is 1.28 bits per heavy atom. The van der Waals surface area contributed by atoms with Crippen molar-refractivity contribution in [2.75, 3.05) is 31.1 Å². The molecule has 2 nitrogen and oxygen atoms in total. The van der Waals surface area contributed by atoms with Crippen molar-refractivity contribution < 1.29 is 0 Å². The second kappa shape index (κ2) is 4.27. The fraction of sp³-hybridized carbons (Fsp3) is 0.625. The average Bonchev–Trinajstić information content (AvgIpc) is 2.76. The van der Waals surface area contributed by atoms with E-state index in [1.165, 1.54) is 49.4 Å². The van der Waals surface area contributed by atoms with E-state index in [4.69, 9.17) is 0 Å². The van der Waals surface area contributed by atoms with E-state index in [0.29, 0.717) is 11.3 Å². The lowest BCUT2D eigenvalue weighted by Crippen LogP contribution is -2.58. The molecule has 2 aliphatic heterocycles. The summed E-state index contributed by atoms with van der Waals surface area (Å²) in [6.07, 6.45) is 1.35. The summed E-state index contributed by atoms with van der Waals surface area (Å²) in [6.45, 7) is 11.7. The van der Waals surface area contributed by atoms with Crippen molar-refractivity contribution in [3.63, 3.8) is 0 Å². The van der Waals surface area contributed by atoms with Crippen molar-refractivity contribution >= 4 is 5.69 Å². The van der Waals surface area contributed by atoms with Crippen LogP contribution in [-0.4, -0.2) is 26.2 Å². The van der Waals surface area contributed by atoms with Gasteiger partial charge >= 0.3 is 0 Å². The van der Waals surface area contributed by atoms with Crippen molar-refractivity contribution in [1.82, 2.24) is 5.32 Å². The number of nitrogens with zero attached hydrogens (tertiary/aromatic N) is 1. The molecule has 0 aromatic heterocycles. The lowest BCUT2D eigenvalue weighted by atomic mass is 9.78. The molecule has 2 heteroatoms. The van der Waals surface area contributed by atoms with Gasteiger partial charge in [0.2, 0.25) is 0 Å². The Kier molecular flexibility index (Phi) is 2.86. The highest BCUT2D eigenvalue weighted by molar-refractivity contribution is 5.62. The largest absolute Gasteiger partial charge is 0.370 e. The molecule has 2 heterocycles. The SMILES string of the molecule is Cc1cccc(C(C)C)c1N1CC2(CCNC2)C1. The van der Waals surface area contributed by atoms with Gasteiger partial charge in [0.25, 0.3) is 0 Å². The molecule has 0 unspecified atom stereocenters. The van der Waals surface area contributed by atoms with Crippen LogP contribution >= 0.6 is 0 Å². The van der Waals surface area contributed by atoms with Crippen LogP contribution in [0.25, 0.3) is 0 Å². The molecule has 0 atom stereocenters. The first-order valence-electron chi connectivity index (χ1n) is 7.16. The third-order valence-corrected chi connectivity index (χ3v) is 4.59. The van der Waals surface area contributed by atoms with Crippen LogP contribution in [0.15, 0.2) is 18.2 Å². The van der Waals surface area contributed by atoms with Crippen LogP contribution in [-0.2, 0) is 0 Å². The van der Waals surface area contributed by atoms with Gasteiger partial charge in [-0.3, -0.25) is 0 Å². The van der Waals surface area contributed by atoms with Gasteiger partial charge in [0.1, 0.15) is 0 Å². The number of aryl methyl sites for hydroxylation is 1. The van der Waals surface area contributed by atoms with Crippen molar-refractivity contribution in [2.24, 2.45) is 5.41 Å². The fourth-order valence-corrected chi connectivity index (χ4v) is 3.57. The first-order chi connectivity index (χ1) is 8.61. The normalized spacial score (nSPS) is 21.7. The highest BCUT2D eigenvalue weighted by atomic mass is 15.2. The molecule has 98 valence electrons. The highest BCUT2D eigenvalue weighted by Crippen LogP contribution is 2.42. The molecule has 0 radical (unpaired) electrons. The zero-order valence-corrected chi connectivity index (χ0v) is 11.8. The number of hydrogen-bond donors (Lipinski definition) is 1. The Labute approximate surface area is 110 Å². The van der Waals surface area contributed by atoms with Gasteiger partial charge in [0, 0.05) is 30.7 Å². The smallest absolute Gasteiger partial charge is 0.0431 e. The lowest BCUT2D eigenvalue weighted by molar-refractivity contribution is 0.242. The Balaban J connectivity index is 1.85. The minimum Gasteiger partial charge on any atom is -0.370 e. The molecule has 1 aromatic carbocycles. The van der Waals surface area contributed by atoms with Crippen molar-refractivity contribution in [3.8, 4) is 0 Å². The second-order valence-corrected chi connectivity index (χ2v) is 6.45. The Hall–Kier alpha value is -1.02. The summed E-state index contributed by atoms with van der Waals surface area (Å²) in [5.41, 5.74) is 5.03. The van der Waals surface area contributed by atoms with Gasteiger partial charge in [-0.15, -0.1) is 0 Å². The average molecular weight is 244 g/mol. The van der Waals surface area contributed by atoms with E-state index >= 15 is 0 Å². The van der Waals surface area contributed by atoms with E-state index in [2.05, 4.69) is 49.2 Å². The molecule has 2 saturated heterocycles. The number of anilines is 1. The Bertz CT molecular complexity index is 436. The maximum absolute atomic E-state index is 3.51. The van der Waals surface area contributed by atoms with E-state index in [1.54, 1.807) is 0 Å². The summed E-state index contributed by atoms with van der Waals surface area (Å²) in [5, 5.41) is 3.51. The zero-order chi connectivity index (χ0) is 12.8. The summed E-state index contributed by atoms with van der Waals surface area (Å²) < 4.78 is 0. The molecular formula is C16H24N2. The molecule has 1 aromatic rings. The van der Waals surface area contributed by atoms with Gasteiger partial charge in [0.05, 0.1) is 0 Å². The van der Waals surface area contributed by atoms with Crippen LogP contribution in [0.1, 0.15) is 37.3 Å². The number of hydrogen-bond acceptors (Lipinski definition) is 2. The summed E-state index contributed by atoms with van der Waals surface area (Å²) in [7, 11) is 0. The molecule has 2 aliphatic rings. The standard InChI is InChI=1S/C16H24N2/c1-12(2)14-6-4-5-13(3)15(14)18-10-16(11-18)7-8-17-9-16/h4-6,12,17H,7-11H2,1-3H3. The molecule has 2 fully saturated rings. The topological polar surface area (TPSA) is 15.3 Å². The van der Waals surface area contributed by atoms with Crippen LogP contribution in [0.3, 0.4) is 0 Å². The number of nitrogens with one attached hydrogen (secondary N) is 1. The molecule has 1 N–H and O–H groups in total. The van der Waals surface area contributed by atoms with Gasteiger partial charge in [-0.1, -0.05) is 32.0 Å². The monoisotopic (exact) mass is 244 g/mol. The lowest BCUT2D eigenvalue weighted by Gasteiger charge is -2.50. The van der Waals surface area contributed by atoms with E-state index < -0.39 is 0 Å². The Morgan fingerprint density at radius 3 is 2.67 bits per heavy atom. The van der Waals surface area contributed by atoms with Crippen LogP contribution in [0, 0.1) is 12.3 Å². The molecule has 0 saturated carbocycles. The summed E-state index contributed by atoms with van der Waals surface area (Å²) in [6, 6.07) is 6.74. The fourth-order valence-electron chi connectivity index (χ4n) is 3.57. The molecular weight excluding hydrogens is 220 g/mol. The molecule has 1 spiro atoms. The molecule has 0 aliphatic carbocycles. The first-order valence-corrected chi connectivity index (χ1v) is 7.16. The number of rotatable bonds is 2. The summed E-state index contributed by atoms with van der Waals surface area (Å²) in [5.74, 6) is 0.609.